The van der Waals surface area contributed by atoms with Gasteiger partial charge in [0.1, 0.15) is 27.6 Å². The number of rotatable bonds is 5. The monoisotopic (exact) mass is 614 g/mol. The maximum Gasteiger partial charge on any atom is 0.343 e. The largest absolute Gasteiger partial charge is 0.424 e. The predicted molar refractivity (Wildman–Crippen MR) is 148 cm³/mol. The van der Waals surface area contributed by atoms with Crippen LogP contribution in [-0.4, -0.2) is 51.0 Å². The van der Waals surface area contributed by atoms with E-state index in [0.717, 1.165) is 48.7 Å². The summed E-state index contributed by atoms with van der Waals surface area (Å²) in [6.45, 7) is 6.20. The van der Waals surface area contributed by atoms with Crippen LogP contribution in [0.4, 0.5) is 5.82 Å². The van der Waals surface area contributed by atoms with Gasteiger partial charge in [-0.05, 0) is 47.7 Å². The lowest BCUT2D eigenvalue weighted by atomic mass is 10.0. The van der Waals surface area contributed by atoms with Crippen LogP contribution in [-0.2, 0) is 11.3 Å². The second-order valence-corrected chi connectivity index (χ2v) is 10.9. The highest BCUT2D eigenvalue weighted by Crippen LogP contribution is 2.40. The van der Waals surface area contributed by atoms with Crippen LogP contribution in [0.25, 0.3) is 32.2 Å². The van der Waals surface area contributed by atoms with Crippen molar-refractivity contribution < 1.29 is 9.15 Å². The van der Waals surface area contributed by atoms with E-state index in [2.05, 4.69) is 49.6 Å². The van der Waals surface area contributed by atoms with Crippen molar-refractivity contribution in [3.8, 4) is 10.4 Å². The van der Waals surface area contributed by atoms with E-state index in [9.17, 15) is 4.79 Å². The minimum atomic E-state index is -0.414. The Kier molecular flexibility index (Phi) is 6.23. The van der Waals surface area contributed by atoms with Crippen molar-refractivity contribution in [2.45, 2.75) is 19.5 Å². The third-order valence-electron chi connectivity index (χ3n) is 6.48. The number of hydrogen-bond donors (Lipinski definition) is 1. The maximum absolute atomic E-state index is 13.1. The molecule has 0 amide bonds. The van der Waals surface area contributed by atoms with Gasteiger partial charge in [-0.2, -0.15) is 5.10 Å². The molecule has 1 saturated heterocycles. The zero-order valence-corrected chi connectivity index (χ0v) is 22.5. The molecule has 0 saturated carbocycles. The Bertz CT molecular complexity index is 1640. The highest BCUT2D eigenvalue weighted by atomic mass is 127. The van der Waals surface area contributed by atoms with Gasteiger partial charge in [-0.25, -0.2) is 19.4 Å². The second-order valence-electron chi connectivity index (χ2n) is 8.70. The van der Waals surface area contributed by atoms with Crippen LogP contribution in [0.2, 0.25) is 0 Å². The molecule has 5 aromatic rings. The first kappa shape index (κ1) is 23.5. The molecule has 184 valence electrons. The Morgan fingerprint density at radius 3 is 2.72 bits per heavy atom. The third kappa shape index (κ3) is 4.09. The van der Waals surface area contributed by atoms with Crippen LogP contribution in [0, 0.1) is 3.70 Å². The van der Waals surface area contributed by atoms with Crippen molar-refractivity contribution in [2.75, 3.05) is 32.0 Å². The lowest BCUT2D eigenvalue weighted by molar-refractivity contribution is 0.0346. The van der Waals surface area contributed by atoms with Gasteiger partial charge in [0.05, 0.1) is 24.0 Å². The third-order valence-corrected chi connectivity index (χ3v) is 8.32. The molecule has 0 radical (unpaired) electrons. The maximum atomic E-state index is 13.1. The molecule has 1 atom stereocenters. The fourth-order valence-electron chi connectivity index (χ4n) is 4.68. The summed E-state index contributed by atoms with van der Waals surface area (Å²) in [4.78, 5) is 26.3. The number of aromatic nitrogens is 4. The van der Waals surface area contributed by atoms with Gasteiger partial charge in [0, 0.05) is 40.3 Å². The van der Waals surface area contributed by atoms with Gasteiger partial charge in [-0.3, -0.25) is 4.90 Å². The Labute approximate surface area is 224 Å². The van der Waals surface area contributed by atoms with Crippen LogP contribution in [0.15, 0.2) is 51.9 Å². The molecule has 36 heavy (non-hydrogen) atoms. The number of ether oxygens (including phenoxy) is 1. The number of nitrogens with zero attached hydrogens (tertiary/aromatic N) is 5. The van der Waals surface area contributed by atoms with Gasteiger partial charge in [0.2, 0.25) is 0 Å². The summed E-state index contributed by atoms with van der Waals surface area (Å²) >= 11 is 3.85. The van der Waals surface area contributed by atoms with E-state index in [1.807, 2.05) is 31.2 Å². The van der Waals surface area contributed by atoms with Crippen molar-refractivity contribution in [1.29, 1.82) is 0 Å². The zero-order chi connectivity index (χ0) is 24.8. The number of morpholine rings is 1. The number of nitrogens with two attached hydrogens (primary N) is 1. The first-order chi connectivity index (χ1) is 17.5. The number of hydrogen-bond acceptors (Lipinski definition) is 9. The van der Waals surface area contributed by atoms with Crippen LogP contribution in [0.3, 0.4) is 0 Å². The predicted octanol–water partition coefficient (Wildman–Crippen LogP) is 4.29. The first-order valence-electron chi connectivity index (χ1n) is 11.6. The van der Waals surface area contributed by atoms with E-state index in [0.29, 0.717) is 31.7 Å². The minimum absolute atomic E-state index is 0.369. The van der Waals surface area contributed by atoms with E-state index in [1.165, 1.54) is 11.2 Å². The summed E-state index contributed by atoms with van der Waals surface area (Å²) in [7, 11) is 0. The molecule has 1 fully saturated rings. The molecule has 0 spiro atoms. The smallest absolute Gasteiger partial charge is 0.343 e. The van der Waals surface area contributed by atoms with Crippen LogP contribution in [0.5, 0.6) is 0 Å². The number of thiophene rings is 1. The molecule has 4 aromatic heterocycles. The average molecular weight is 614 g/mol. The van der Waals surface area contributed by atoms with Crippen molar-refractivity contribution in [3.63, 3.8) is 0 Å². The van der Waals surface area contributed by atoms with Crippen molar-refractivity contribution in [1.82, 2.24) is 24.6 Å². The number of halogens is 1. The quantitative estimate of drug-likeness (QED) is 0.292. The van der Waals surface area contributed by atoms with E-state index < -0.39 is 6.04 Å². The van der Waals surface area contributed by atoms with Crippen LogP contribution >= 0.6 is 33.9 Å². The number of fused-ring (bicyclic) bond motifs is 2. The minimum Gasteiger partial charge on any atom is -0.424 e. The summed E-state index contributed by atoms with van der Waals surface area (Å²) in [5.41, 5.74) is 7.24. The standard InChI is InChI=1S/C25H23IN6O3S/c1-14(32-24-20(22(26)30-32)23(27)28-13-29-24)21-19(16-4-2-3-5-17(16)25(33)35-21)18-7-6-15(36-18)12-31-8-10-34-11-9-31/h2-7,13-14H,8-12H2,1H3,(H2,27,28,29). The number of nitrogen functional groups attached to an aromatic ring is 1. The van der Waals surface area contributed by atoms with Crippen LogP contribution < -0.4 is 11.4 Å². The fourth-order valence-corrected chi connectivity index (χ4v) is 6.54. The molecule has 6 rings (SSSR count). The molecule has 1 aromatic carbocycles. The summed E-state index contributed by atoms with van der Waals surface area (Å²) in [6, 6.07) is 11.4. The normalized spacial score (nSPS) is 15.6. The Morgan fingerprint density at radius 2 is 1.92 bits per heavy atom. The first-order valence-corrected chi connectivity index (χ1v) is 13.5. The van der Waals surface area contributed by atoms with Crippen molar-refractivity contribution in [3.05, 3.63) is 67.5 Å². The Morgan fingerprint density at radius 1 is 1.14 bits per heavy atom. The molecule has 5 heterocycles. The highest BCUT2D eigenvalue weighted by Gasteiger charge is 2.26. The molecule has 0 aliphatic carbocycles. The lowest BCUT2D eigenvalue weighted by Gasteiger charge is -2.25. The summed E-state index contributed by atoms with van der Waals surface area (Å²) < 4.78 is 14.0. The van der Waals surface area contributed by atoms with Crippen molar-refractivity contribution >= 4 is 61.6 Å². The summed E-state index contributed by atoms with van der Waals surface area (Å²) in [5.74, 6) is 0.908. The number of benzene rings is 1. The molecular weight excluding hydrogens is 591 g/mol. The average Bonchev–Trinajstić information content (AvgIpc) is 3.49. The Hall–Kier alpha value is -2.87. The van der Waals surface area contributed by atoms with E-state index in [-0.39, 0.29) is 5.63 Å². The molecule has 9 nitrogen and oxygen atoms in total. The Balaban J connectivity index is 1.51. The zero-order valence-electron chi connectivity index (χ0n) is 19.5. The fraction of sp³-hybridized carbons (Fsp3) is 0.280. The van der Waals surface area contributed by atoms with Gasteiger partial charge in [-0.15, -0.1) is 11.3 Å². The molecule has 1 aliphatic rings. The van der Waals surface area contributed by atoms with Gasteiger partial charge >= 0.3 is 5.63 Å². The van der Waals surface area contributed by atoms with Gasteiger partial charge in [0.15, 0.2) is 5.65 Å². The van der Waals surface area contributed by atoms with Gasteiger partial charge in [-0.1, -0.05) is 18.2 Å². The molecule has 1 aliphatic heterocycles. The lowest BCUT2D eigenvalue weighted by Crippen LogP contribution is -2.35. The van der Waals surface area contributed by atoms with E-state index in [4.69, 9.17) is 20.0 Å². The molecule has 2 N–H and O–H groups in total. The SMILES string of the molecule is CC(c1oc(=O)c2ccccc2c1-c1ccc(CN2CCOCC2)s1)n1nc(I)c2c(N)ncnc21. The second kappa shape index (κ2) is 9.54. The topological polar surface area (TPSA) is 112 Å². The number of anilines is 1. The highest BCUT2D eigenvalue weighted by molar-refractivity contribution is 14.1. The molecule has 11 heteroatoms. The van der Waals surface area contributed by atoms with Gasteiger partial charge in [0.25, 0.3) is 0 Å². The van der Waals surface area contributed by atoms with Gasteiger partial charge < -0.3 is 14.9 Å². The van der Waals surface area contributed by atoms with E-state index in [1.54, 1.807) is 16.0 Å². The van der Waals surface area contributed by atoms with Crippen molar-refractivity contribution in [2.24, 2.45) is 0 Å². The summed E-state index contributed by atoms with van der Waals surface area (Å²) in [5, 5.41) is 6.80. The summed E-state index contributed by atoms with van der Waals surface area (Å²) in [6.07, 6.45) is 1.42. The molecular formula is C25H23IN6O3S. The van der Waals surface area contributed by atoms with Crippen LogP contribution in [0.1, 0.15) is 23.6 Å². The molecule has 1 unspecified atom stereocenters. The van der Waals surface area contributed by atoms with E-state index >= 15 is 0 Å². The molecule has 0 bridgehead atoms.